The van der Waals surface area contributed by atoms with Crippen LogP contribution in [0.4, 0.5) is 51.2 Å². The highest BCUT2D eigenvalue weighted by Crippen LogP contribution is 2.43. The van der Waals surface area contributed by atoms with Crippen molar-refractivity contribution in [1.82, 2.24) is 0 Å². The molecule has 0 fully saturated rings. The molecule has 0 aliphatic carbocycles. The maximum absolute atomic E-state index is 2.45. The summed E-state index contributed by atoms with van der Waals surface area (Å²) >= 11 is 0. The fourth-order valence-corrected chi connectivity index (χ4v) is 19.0. The second-order valence-electron chi connectivity index (χ2n) is 31.2. The van der Waals surface area contributed by atoms with Gasteiger partial charge < -0.3 is 14.7 Å². The third-order valence-corrected chi connectivity index (χ3v) is 24.4. The van der Waals surface area contributed by atoms with E-state index in [9.17, 15) is 0 Å². The monoisotopic (exact) mass is 1520 g/mol. The summed E-state index contributed by atoms with van der Waals surface area (Å²) in [6.07, 6.45) is 0. The molecule has 560 valence electrons. The summed E-state index contributed by atoms with van der Waals surface area (Å²) < 4.78 is 0. The standard InChI is InChI=1S/C46H32BN.2C34H24BN/c1-3-15-34(16-4-1)40-23-14-24-41(35-17-5-2-6-18-35)46(40)47-42-25-9-11-27-44(42)48(45-28-12-10-26-43(45)47)37-31-29-36(30-32-37)39-22-13-20-33-19-7-8-21-38(33)39;1-2-11-25(12-3-1)26-21-23-28(24-22-26)36-33-19-8-6-16-31(33)35(32-17-7-9-20-34(32)36)30-18-10-14-27-13-4-5-15-29(27)30;1-2-10-25(11-3-1)27-19-22-30(23-20-27)36-33-16-8-6-14-31(33)35(32-15-7-9-17-34(32)36)29-21-18-26-12-4-5-13-28(26)24-29/h1-32H;2*1-24H. The molecule has 3 heterocycles. The van der Waals surface area contributed by atoms with Crippen molar-refractivity contribution < 1.29 is 0 Å². The fraction of sp³-hybridized carbons (Fsp3) is 0. The minimum Gasteiger partial charge on any atom is -0.312 e. The fourth-order valence-electron chi connectivity index (χ4n) is 19.0. The van der Waals surface area contributed by atoms with Gasteiger partial charge in [0.05, 0.1) is 0 Å². The summed E-state index contributed by atoms with van der Waals surface area (Å²) in [6.45, 7) is 0.389. The van der Waals surface area contributed by atoms with Gasteiger partial charge in [-0.25, -0.2) is 0 Å². The number of fused-ring (bicyclic) bond motifs is 9. The van der Waals surface area contributed by atoms with Crippen LogP contribution in [-0.4, -0.2) is 20.1 Å². The molecule has 0 spiro atoms. The van der Waals surface area contributed by atoms with Gasteiger partial charge in [0.15, 0.2) is 0 Å². The SMILES string of the molecule is c1ccc(-c2ccc(N3c4ccccc4B(c4ccc5ccccc5c4)c4ccccc43)cc2)cc1.c1ccc(-c2ccc(N3c4ccccc4B(c4cccc5ccccc45)c4ccccc43)cc2)cc1.c1ccc(-c2cccc(-c3ccccc3)c2B2c3ccccc3N(c3ccc(-c4cccc5ccccc45)cc3)c3ccccc32)cc1. The van der Waals surface area contributed by atoms with E-state index in [0.29, 0.717) is 0 Å². The van der Waals surface area contributed by atoms with Crippen molar-refractivity contribution in [3.05, 3.63) is 485 Å². The van der Waals surface area contributed by atoms with E-state index in [4.69, 9.17) is 0 Å². The normalized spacial score (nSPS) is 12.2. The van der Waals surface area contributed by atoms with E-state index in [0.717, 1.165) is 5.69 Å². The average molecular weight is 1520 g/mol. The molecule has 23 rings (SSSR count). The van der Waals surface area contributed by atoms with Gasteiger partial charge in [-0.15, -0.1) is 0 Å². The molecule has 0 atom stereocenters. The summed E-state index contributed by atoms with van der Waals surface area (Å²) in [7, 11) is 0. The first-order chi connectivity index (χ1) is 59.6. The van der Waals surface area contributed by atoms with Gasteiger partial charge >= 0.3 is 0 Å². The van der Waals surface area contributed by atoms with Crippen molar-refractivity contribution in [2.45, 2.75) is 0 Å². The Hall–Kier alpha value is -15.2. The Morgan fingerprint density at radius 1 is 0.150 bits per heavy atom. The van der Waals surface area contributed by atoms with Crippen molar-refractivity contribution >= 4 is 153 Å². The number of nitrogens with zero attached hydrogens (tertiary/aromatic N) is 3. The van der Waals surface area contributed by atoms with Crippen LogP contribution in [0.15, 0.2) is 485 Å². The Bertz CT molecular complexity index is 6910. The van der Waals surface area contributed by atoms with E-state index >= 15 is 0 Å². The van der Waals surface area contributed by atoms with Crippen molar-refractivity contribution in [2.75, 3.05) is 14.7 Å². The van der Waals surface area contributed by atoms with Gasteiger partial charge in [-0.3, -0.25) is 0 Å². The van der Waals surface area contributed by atoms with Crippen molar-refractivity contribution in [3.63, 3.8) is 0 Å². The quantitative estimate of drug-likeness (QED) is 0.120. The van der Waals surface area contributed by atoms with Gasteiger partial charge in [0.2, 0.25) is 20.1 Å². The summed E-state index contributed by atoms with van der Waals surface area (Å²) in [6, 6.07) is 176. The van der Waals surface area contributed by atoms with Gasteiger partial charge in [0.25, 0.3) is 0 Å². The molecular formula is C114H80B3N3. The minimum absolute atomic E-state index is 0.0372. The molecule has 20 aromatic carbocycles. The highest BCUT2D eigenvalue weighted by Gasteiger charge is 2.40. The third kappa shape index (κ3) is 13.5. The Labute approximate surface area is 703 Å². The highest BCUT2D eigenvalue weighted by molar-refractivity contribution is 7.00. The van der Waals surface area contributed by atoms with E-state index < -0.39 is 0 Å². The van der Waals surface area contributed by atoms with Gasteiger partial charge in [-0.2, -0.15) is 0 Å². The Balaban J connectivity index is 0.000000113. The van der Waals surface area contributed by atoms with Gasteiger partial charge in [0.1, 0.15) is 0 Å². The Morgan fingerprint density at radius 2 is 0.425 bits per heavy atom. The molecule has 0 N–H and O–H groups in total. The first kappa shape index (κ1) is 72.5. The lowest BCUT2D eigenvalue weighted by molar-refractivity contribution is 1.29. The van der Waals surface area contributed by atoms with Crippen LogP contribution in [0, 0.1) is 0 Å². The summed E-state index contributed by atoms with van der Waals surface area (Å²) in [4.78, 5) is 7.28. The average Bonchev–Trinajstić information content (AvgIpc) is 0.725. The van der Waals surface area contributed by atoms with Crippen LogP contribution in [0.5, 0.6) is 0 Å². The first-order valence-corrected chi connectivity index (χ1v) is 41.6. The topological polar surface area (TPSA) is 9.72 Å². The number of rotatable bonds is 11. The Morgan fingerprint density at radius 3 is 0.858 bits per heavy atom. The van der Waals surface area contributed by atoms with Crippen LogP contribution in [-0.2, 0) is 0 Å². The van der Waals surface area contributed by atoms with Gasteiger partial charge in [-0.05, 0) is 194 Å². The van der Waals surface area contributed by atoms with Crippen LogP contribution >= 0.6 is 0 Å². The predicted octanol–water partition coefficient (Wildman–Crippen LogP) is 23.8. The molecule has 0 aromatic heterocycles. The molecule has 120 heavy (non-hydrogen) atoms. The molecule has 3 aliphatic rings. The molecule has 0 bridgehead atoms. The number of hydrogen-bond donors (Lipinski definition) is 0. The number of para-hydroxylation sites is 6. The summed E-state index contributed by atoms with van der Waals surface area (Å²) in [5.74, 6) is 0. The second-order valence-corrected chi connectivity index (χ2v) is 31.2. The summed E-state index contributed by atoms with van der Waals surface area (Å²) in [5.41, 5.74) is 35.2. The largest absolute Gasteiger partial charge is 0.312 e. The van der Waals surface area contributed by atoms with E-state index in [-0.39, 0.29) is 20.1 Å². The van der Waals surface area contributed by atoms with E-state index in [1.54, 1.807) is 0 Å². The lowest BCUT2D eigenvalue weighted by Gasteiger charge is -2.38. The molecule has 0 saturated heterocycles. The zero-order valence-corrected chi connectivity index (χ0v) is 66.3. The molecule has 0 unspecified atom stereocenters. The van der Waals surface area contributed by atoms with Crippen LogP contribution in [0.25, 0.3) is 88.0 Å². The molecule has 0 saturated carbocycles. The minimum atomic E-state index is 0.0372. The van der Waals surface area contributed by atoms with E-state index in [1.165, 1.54) is 183 Å². The van der Waals surface area contributed by atoms with Crippen molar-refractivity contribution in [2.24, 2.45) is 0 Å². The molecule has 0 amide bonds. The van der Waals surface area contributed by atoms with E-state index in [1.807, 2.05) is 0 Å². The van der Waals surface area contributed by atoms with Crippen molar-refractivity contribution in [3.8, 4) is 55.6 Å². The number of anilines is 9. The maximum atomic E-state index is 2.45. The third-order valence-electron chi connectivity index (χ3n) is 24.4. The van der Waals surface area contributed by atoms with Gasteiger partial charge in [0, 0.05) is 51.2 Å². The molecular weight excluding hydrogens is 1440 g/mol. The zero-order chi connectivity index (χ0) is 79.7. The second kappa shape index (κ2) is 32.1. The first-order valence-electron chi connectivity index (χ1n) is 41.6. The molecule has 3 aliphatic heterocycles. The van der Waals surface area contributed by atoms with Gasteiger partial charge in [-0.1, -0.05) is 429 Å². The Kier molecular flexibility index (Phi) is 19.4. The van der Waals surface area contributed by atoms with Crippen LogP contribution in [0.2, 0.25) is 0 Å². The lowest BCUT2D eigenvalue weighted by atomic mass is 9.33. The highest BCUT2D eigenvalue weighted by atomic mass is 15.2. The molecule has 0 radical (unpaired) electrons. The van der Waals surface area contributed by atoms with Crippen LogP contribution in [0.1, 0.15) is 0 Å². The summed E-state index contributed by atoms with van der Waals surface area (Å²) in [5, 5.41) is 7.69. The predicted molar refractivity (Wildman–Crippen MR) is 516 cm³/mol. The van der Waals surface area contributed by atoms with Crippen molar-refractivity contribution in [1.29, 1.82) is 0 Å². The smallest absolute Gasteiger partial charge is 0.248 e. The number of benzene rings is 20. The number of hydrogen-bond acceptors (Lipinski definition) is 3. The molecule has 20 aromatic rings. The van der Waals surface area contributed by atoms with E-state index in [2.05, 4.69) is 500 Å². The lowest BCUT2D eigenvalue weighted by Crippen LogP contribution is -2.58. The van der Waals surface area contributed by atoms with Crippen LogP contribution < -0.4 is 63.9 Å². The van der Waals surface area contributed by atoms with Crippen LogP contribution in [0.3, 0.4) is 0 Å². The molecule has 6 heteroatoms. The zero-order valence-electron chi connectivity index (χ0n) is 66.3. The molecule has 3 nitrogen and oxygen atoms in total. The maximum Gasteiger partial charge on any atom is 0.248 e.